The zero-order valence-electron chi connectivity index (χ0n) is 7.97. The zero-order valence-corrected chi connectivity index (χ0v) is 8.79. The van der Waals surface area contributed by atoms with Crippen molar-refractivity contribution >= 4 is 28.5 Å². The first-order valence-corrected chi connectivity index (χ1v) is 5.47. The summed E-state index contributed by atoms with van der Waals surface area (Å²) >= 11 is 1.25. The molecular weight excluding hydrogens is 214 g/mol. The van der Waals surface area contributed by atoms with Gasteiger partial charge >= 0.3 is 0 Å². The van der Waals surface area contributed by atoms with Crippen LogP contribution in [0.5, 0.6) is 0 Å². The summed E-state index contributed by atoms with van der Waals surface area (Å²) in [7, 11) is 0. The Hall–Kier alpha value is -1.43. The third kappa shape index (κ3) is 2.76. The van der Waals surface area contributed by atoms with Crippen LogP contribution in [0.15, 0.2) is 10.5 Å². The van der Waals surface area contributed by atoms with Gasteiger partial charge in [-0.25, -0.2) is 4.98 Å². The Labute approximate surface area is 90.9 Å². The van der Waals surface area contributed by atoms with E-state index < -0.39 is 0 Å². The lowest BCUT2D eigenvalue weighted by Crippen LogP contribution is -2.05. The molecule has 0 aromatic carbocycles. The number of carbonyl (C=O) groups excluding carboxylic acids is 1. The SMILES string of the molecule is Nc1nc(/C([C]=O)=N/OCC2CC2)cs1. The van der Waals surface area contributed by atoms with Gasteiger partial charge in [0.2, 0.25) is 0 Å². The first-order valence-electron chi connectivity index (χ1n) is 4.59. The van der Waals surface area contributed by atoms with Crippen molar-refractivity contribution in [2.45, 2.75) is 12.8 Å². The van der Waals surface area contributed by atoms with Crippen LogP contribution in [-0.2, 0) is 9.63 Å². The standard InChI is InChI=1S/C9H10N3O2S/c10-9-11-8(5-15-9)7(3-13)12-14-4-6-1-2-6/h5-6H,1-2,4H2,(H2,10,11)/b12-7+. The number of hydrogen-bond acceptors (Lipinski definition) is 6. The van der Waals surface area contributed by atoms with E-state index in [9.17, 15) is 4.79 Å². The maximum atomic E-state index is 10.6. The second-order valence-corrected chi connectivity index (χ2v) is 4.24. The molecule has 0 atom stereocenters. The minimum absolute atomic E-state index is 0.0728. The predicted octanol–water partition coefficient (Wildman–Crippen LogP) is 0.966. The van der Waals surface area contributed by atoms with Gasteiger partial charge in [0.05, 0.1) is 0 Å². The van der Waals surface area contributed by atoms with E-state index >= 15 is 0 Å². The van der Waals surface area contributed by atoms with Crippen molar-refractivity contribution in [3.05, 3.63) is 11.1 Å². The van der Waals surface area contributed by atoms with Crippen LogP contribution in [-0.4, -0.2) is 23.6 Å². The molecule has 79 valence electrons. The Morgan fingerprint density at radius 3 is 3.13 bits per heavy atom. The minimum atomic E-state index is 0.0728. The zero-order chi connectivity index (χ0) is 10.7. The largest absolute Gasteiger partial charge is 0.395 e. The molecule has 0 spiro atoms. The summed E-state index contributed by atoms with van der Waals surface area (Å²) in [5.74, 6) is 0.599. The molecule has 1 saturated carbocycles. The van der Waals surface area contributed by atoms with E-state index in [-0.39, 0.29) is 5.71 Å². The van der Waals surface area contributed by atoms with Crippen molar-refractivity contribution in [2.24, 2.45) is 11.1 Å². The Bertz CT molecular complexity index is 384. The van der Waals surface area contributed by atoms with Crippen molar-refractivity contribution in [2.75, 3.05) is 12.3 Å². The average molecular weight is 224 g/mol. The van der Waals surface area contributed by atoms with E-state index in [1.165, 1.54) is 24.2 Å². The van der Waals surface area contributed by atoms with Crippen LogP contribution in [0.25, 0.3) is 0 Å². The van der Waals surface area contributed by atoms with Gasteiger partial charge in [0.25, 0.3) is 6.29 Å². The van der Waals surface area contributed by atoms with E-state index in [1.54, 1.807) is 11.7 Å². The molecule has 1 aromatic rings. The number of hydrogen-bond donors (Lipinski definition) is 1. The molecule has 1 aromatic heterocycles. The van der Waals surface area contributed by atoms with Gasteiger partial charge in [-0.15, -0.1) is 11.3 Å². The van der Waals surface area contributed by atoms with Crippen LogP contribution < -0.4 is 5.73 Å². The summed E-state index contributed by atoms with van der Waals surface area (Å²) in [4.78, 5) is 19.5. The van der Waals surface area contributed by atoms with Gasteiger partial charge in [-0.1, -0.05) is 5.16 Å². The van der Waals surface area contributed by atoms with Crippen molar-refractivity contribution < 1.29 is 9.63 Å². The molecule has 1 heterocycles. The van der Waals surface area contributed by atoms with Crippen molar-refractivity contribution in [1.82, 2.24) is 4.98 Å². The molecule has 0 amide bonds. The lowest BCUT2D eigenvalue weighted by molar-refractivity contribution is 0.134. The number of nitrogens with two attached hydrogens (primary N) is 1. The summed E-state index contributed by atoms with van der Waals surface area (Å²) in [6.45, 7) is 0.560. The van der Waals surface area contributed by atoms with Crippen molar-refractivity contribution in [3.8, 4) is 0 Å². The van der Waals surface area contributed by atoms with E-state index in [0.717, 1.165) is 0 Å². The van der Waals surface area contributed by atoms with E-state index in [0.29, 0.717) is 23.4 Å². The summed E-state index contributed by atoms with van der Waals surface area (Å²) in [6, 6.07) is 0. The van der Waals surface area contributed by atoms with Crippen LogP contribution in [0.3, 0.4) is 0 Å². The number of anilines is 1. The van der Waals surface area contributed by atoms with E-state index in [1.807, 2.05) is 0 Å². The number of nitrogen functional groups attached to an aromatic ring is 1. The highest BCUT2D eigenvalue weighted by molar-refractivity contribution is 7.13. The molecule has 6 heteroatoms. The first kappa shape index (κ1) is 10.1. The summed E-state index contributed by atoms with van der Waals surface area (Å²) in [5.41, 5.74) is 5.93. The maximum Gasteiger partial charge on any atom is 0.259 e. The lowest BCUT2D eigenvalue weighted by Gasteiger charge is -1.96. The quantitative estimate of drug-likeness (QED) is 0.597. The number of aromatic nitrogens is 1. The van der Waals surface area contributed by atoms with Crippen LogP contribution in [0, 0.1) is 5.92 Å². The average Bonchev–Trinajstić information content (AvgIpc) is 2.96. The Kier molecular flexibility index (Phi) is 2.96. The molecule has 2 rings (SSSR count). The molecule has 2 N–H and O–H groups in total. The van der Waals surface area contributed by atoms with Crippen LogP contribution in [0.2, 0.25) is 0 Å². The molecule has 1 radical (unpaired) electrons. The van der Waals surface area contributed by atoms with Gasteiger partial charge < -0.3 is 10.6 Å². The molecule has 1 aliphatic rings. The number of rotatable bonds is 5. The Morgan fingerprint density at radius 2 is 2.60 bits per heavy atom. The summed E-state index contributed by atoms with van der Waals surface area (Å²) < 4.78 is 0. The second kappa shape index (κ2) is 4.39. The smallest absolute Gasteiger partial charge is 0.259 e. The van der Waals surface area contributed by atoms with E-state index in [2.05, 4.69) is 10.1 Å². The maximum absolute atomic E-state index is 10.6. The Morgan fingerprint density at radius 1 is 1.80 bits per heavy atom. The number of oxime groups is 1. The molecule has 0 bridgehead atoms. The third-order valence-electron chi connectivity index (χ3n) is 2.02. The fourth-order valence-electron chi connectivity index (χ4n) is 1.01. The van der Waals surface area contributed by atoms with Gasteiger partial charge in [-0.2, -0.15) is 0 Å². The summed E-state index contributed by atoms with van der Waals surface area (Å²) in [6.07, 6.45) is 4.05. The number of thiazole rings is 1. The van der Waals surface area contributed by atoms with Gasteiger partial charge in [-0.3, -0.25) is 4.79 Å². The van der Waals surface area contributed by atoms with Crippen LogP contribution in [0.1, 0.15) is 18.5 Å². The minimum Gasteiger partial charge on any atom is -0.395 e. The molecule has 0 saturated heterocycles. The van der Waals surface area contributed by atoms with Crippen molar-refractivity contribution in [3.63, 3.8) is 0 Å². The van der Waals surface area contributed by atoms with Crippen molar-refractivity contribution in [1.29, 1.82) is 0 Å². The lowest BCUT2D eigenvalue weighted by atomic mass is 10.3. The molecule has 0 aliphatic heterocycles. The molecule has 1 aliphatic carbocycles. The normalized spacial score (nSPS) is 16.4. The molecule has 1 fully saturated rings. The molecular formula is C9H10N3O2S. The van der Waals surface area contributed by atoms with Gasteiger partial charge in [0.1, 0.15) is 12.3 Å². The van der Waals surface area contributed by atoms with Gasteiger partial charge in [-0.05, 0) is 18.8 Å². The fraction of sp³-hybridized carbons (Fsp3) is 0.444. The highest BCUT2D eigenvalue weighted by Crippen LogP contribution is 2.28. The Balaban J connectivity index is 1.98. The topological polar surface area (TPSA) is 77.6 Å². The fourth-order valence-corrected chi connectivity index (χ4v) is 1.55. The molecule has 0 unspecified atom stereocenters. The van der Waals surface area contributed by atoms with Gasteiger partial charge in [0, 0.05) is 5.38 Å². The third-order valence-corrected chi connectivity index (χ3v) is 2.70. The predicted molar refractivity (Wildman–Crippen MR) is 57.4 cm³/mol. The number of nitrogens with zero attached hydrogens (tertiary/aromatic N) is 2. The van der Waals surface area contributed by atoms with Gasteiger partial charge in [0.15, 0.2) is 10.8 Å². The molecule has 15 heavy (non-hydrogen) atoms. The first-order chi connectivity index (χ1) is 7.29. The monoisotopic (exact) mass is 224 g/mol. The molecule has 5 nitrogen and oxygen atoms in total. The van der Waals surface area contributed by atoms with Crippen LogP contribution in [0.4, 0.5) is 5.13 Å². The van der Waals surface area contributed by atoms with Crippen LogP contribution >= 0.6 is 11.3 Å². The van der Waals surface area contributed by atoms with E-state index in [4.69, 9.17) is 10.6 Å². The summed E-state index contributed by atoms with van der Waals surface area (Å²) in [5, 5.41) is 5.74. The highest BCUT2D eigenvalue weighted by Gasteiger charge is 2.22. The highest BCUT2D eigenvalue weighted by atomic mass is 32.1. The second-order valence-electron chi connectivity index (χ2n) is 3.35.